The first-order chi connectivity index (χ1) is 9.56. The highest BCUT2D eigenvalue weighted by Gasteiger charge is 2.02. The molecule has 3 N–H and O–H groups in total. The number of hydrogen-bond donors (Lipinski definition) is 3. The molecule has 4 nitrogen and oxygen atoms in total. The van der Waals surface area contributed by atoms with Gasteiger partial charge in [-0.05, 0) is 23.8 Å². The van der Waals surface area contributed by atoms with Gasteiger partial charge in [0.2, 0.25) is 0 Å². The predicted molar refractivity (Wildman–Crippen MR) is 81.1 cm³/mol. The molecule has 0 bridgehead atoms. The van der Waals surface area contributed by atoms with Gasteiger partial charge >= 0.3 is 0 Å². The number of rotatable bonds is 5. The second kappa shape index (κ2) is 6.30. The molecular weight excluding hydrogens is 252 g/mol. The first kappa shape index (κ1) is 14.2. The highest BCUT2D eigenvalue weighted by atomic mass is 16.3. The van der Waals surface area contributed by atoms with E-state index >= 15 is 0 Å². The third-order valence-corrected chi connectivity index (χ3v) is 3.17. The minimum atomic E-state index is 0.0746. The van der Waals surface area contributed by atoms with Crippen LogP contribution >= 0.6 is 0 Å². The fourth-order valence-corrected chi connectivity index (χ4v) is 1.96. The molecule has 106 valence electrons. The average molecular weight is 272 g/mol. The number of hydrogen-bond acceptors (Lipinski definition) is 4. The van der Waals surface area contributed by atoms with Gasteiger partial charge in [0.15, 0.2) is 0 Å². The van der Waals surface area contributed by atoms with Gasteiger partial charge in [-0.2, -0.15) is 0 Å². The molecule has 0 radical (unpaired) electrons. The van der Waals surface area contributed by atoms with Crippen molar-refractivity contribution in [3.05, 3.63) is 53.6 Å². The molecular formula is C16H20N2O2. The van der Waals surface area contributed by atoms with Crippen molar-refractivity contribution >= 4 is 5.69 Å². The lowest BCUT2D eigenvalue weighted by Crippen LogP contribution is -2.13. The summed E-state index contributed by atoms with van der Waals surface area (Å²) in [4.78, 5) is 2.06. The predicted octanol–water partition coefficient (Wildman–Crippen LogP) is 2.45. The Hall–Kier alpha value is -2.20. The highest BCUT2D eigenvalue weighted by molar-refractivity contribution is 5.46. The molecule has 0 heterocycles. The Morgan fingerprint density at radius 1 is 0.950 bits per heavy atom. The van der Waals surface area contributed by atoms with Crippen LogP contribution in [0.25, 0.3) is 0 Å². The number of anilines is 1. The monoisotopic (exact) mass is 272 g/mol. The van der Waals surface area contributed by atoms with Crippen molar-refractivity contribution in [2.24, 2.45) is 0 Å². The Labute approximate surface area is 119 Å². The Kier molecular flexibility index (Phi) is 4.48. The van der Waals surface area contributed by atoms with E-state index < -0.39 is 0 Å². The van der Waals surface area contributed by atoms with E-state index in [9.17, 15) is 10.2 Å². The van der Waals surface area contributed by atoms with E-state index in [1.165, 1.54) is 17.3 Å². The van der Waals surface area contributed by atoms with E-state index in [4.69, 9.17) is 0 Å². The zero-order chi connectivity index (χ0) is 14.5. The SMILES string of the molecule is CN(C)c1ccc(CNCc2ccc(O)cc2O)cc1. The summed E-state index contributed by atoms with van der Waals surface area (Å²) < 4.78 is 0. The number of nitrogens with one attached hydrogen (secondary N) is 1. The van der Waals surface area contributed by atoms with Crippen molar-refractivity contribution in [3.63, 3.8) is 0 Å². The molecule has 0 aliphatic rings. The van der Waals surface area contributed by atoms with Gasteiger partial charge in [0, 0.05) is 44.5 Å². The molecule has 0 aliphatic carbocycles. The van der Waals surface area contributed by atoms with Crippen molar-refractivity contribution in [1.29, 1.82) is 0 Å². The van der Waals surface area contributed by atoms with Gasteiger partial charge < -0.3 is 20.4 Å². The molecule has 0 atom stereocenters. The van der Waals surface area contributed by atoms with Gasteiger partial charge in [-0.3, -0.25) is 0 Å². The maximum absolute atomic E-state index is 9.68. The van der Waals surface area contributed by atoms with Crippen molar-refractivity contribution in [2.45, 2.75) is 13.1 Å². The first-order valence-corrected chi connectivity index (χ1v) is 6.54. The van der Waals surface area contributed by atoms with Gasteiger partial charge in [0.1, 0.15) is 11.5 Å². The lowest BCUT2D eigenvalue weighted by atomic mass is 10.1. The third kappa shape index (κ3) is 3.65. The fraction of sp³-hybridized carbons (Fsp3) is 0.250. The third-order valence-electron chi connectivity index (χ3n) is 3.17. The van der Waals surface area contributed by atoms with Crippen LogP contribution in [0.4, 0.5) is 5.69 Å². The van der Waals surface area contributed by atoms with Gasteiger partial charge in [-0.15, -0.1) is 0 Å². The molecule has 0 spiro atoms. The van der Waals surface area contributed by atoms with Gasteiger partial charge in [-0.1, -0.05) is 18.2 Å². The molecule has 0 amide bonds. The normalized spacial score (nSPS) is 10.5. The number of nitrogens with zero attached hydrogens (tertiary/aromatic N) is 1. The number of aromatic hydroxyl groups is 2. The van der Waals surface area contributed by atoms with E-state index in [1.807, 2.05) is 14.1 Å². The van der Waals surface area contributed by atoms with Crippen LogP contribution in [0.5, 0.6) is 11.5 Å². The van der Waals surface area contributed by atoms with Crippen LogP contribution in [-0.2, 0) is 13.1 Å². The average Bonchev–Trinajstić information content (AvgIpc) is 2.42. The zero-order valence-corrected chi connectivity index (χ0v) is 11.8. The van der Waals surface area contributed by atoms with E-state index in [-0.39, 0.29) is 11.5 Å². The molecule has 0 unspecified atom stereocenters. The summed E-state index contributed by atoms with van der Waals surface area (Å²) in [6.45, 7) is 1.29. The van der Waals surface area contributed by atoms with E-state index in [0.29, 0.717) is 6.54 Å². The van der Waals surface area contributed by atoms with Crippen LogP contribution in [0.3, 0.4) is 0 Å². The van der Waals surface area contributed by atoms with Crippen molar-refractivity contribution < 1.29 is 10.2 Å². The minimum absolute atomic E-state index is 0.0746. The summed E-state index contributed by atoms with van der Waals surface area (Å²) in [7, 11) is 4.03. The van der Waals surface area contributed by atoms with Crippen LogP contribution in [0.2, 0.25) is 0 Å². The Balaban J connectivity index is 1.89. The molecule has 4 heteroatoms. The Bertz CT molecular complexity index is 565. The summed E-state index contributed by atoms with van der Waals surface area (Å²) in [6, 6.07) is 13.0. The number of phenolic OH excluding ortho intramolecular Hbond substituents is 2. The van der Waals surface area contributed by atoms with E-state index in [2.05, 4.69) is 34.5 Å². The van der Waals surface area contributed by atoms with Crippen LogP contribution in [0.15, 0.2) is 42.5 Å². The first-order valence-electron chi connectivity index (χ1n) is 6.54. The maximum atomic E-state index is 9.68. The standard InChI is InChI=1S/C16H20N2O2/c1-18(2)14-6-3-12(4-7-14)10-17-11-13-5-8-15(19)9-16(13)20/h3-9,17,19-20H,10-11H2,1-2H3. The van der Waals surface area contributed by atoms with Gasteiger partial charge in [0.05, 0.1) is 0 Å². The van der Waals surface area contributed by atoms with Gasteiger partial charge in [-0.25, -0.2) is 0 Å². The number of phenols is 2. The second-order valence-corrected chi connectivity index (χ2v) is 4.98. The van der Waals surface area contributed by atoms with Crippen molar-refractivity contribution in [1.82, 2.24) is 5.32 Å². The maximum Gasteiger partial charge on any atom is 0.123 e. The lowest BCUT2D eigenvalue weighted by molar-refractivity contribution is 0.443. The zero-order valence-electron chi connectivity index (χ0n) is 11.8. The fourth-order valence-electron chi connectivity index (χ4n) is 1.96. The molecule has 0 fully saturated rings. The summed E-state index contributed by atoms with van der Waals surface area (Å²) >= 11 is 0. The molecule has 0 saturated carbocycles. The molecule has 20 heavy (non-hydrogen) atoms. The summed E-state index contributed by atoms with van der Waals surface area (Å²) in [5, 5.41) is 22.2. The summed E-state index contributed by atoms with van der Waals surface area (Å²) in [5.41, 5.74) is 3.13. The van der Waals surface area contributed by atoms with Crippen molar-refractivity contribution in [3.8, 4) is 11.5 Å². The largest absolute Gasteiger partial charge is 0.508 e. The van der Waals surface area contributed by atoms with Crippen LogP contribution in [0.1, 0.15) is 11.1 Å². The van der Waals surface area contributed by atoms with E-state index in [0.717, 1.165) is 12.1 Å². The van der Waals surface area contributed by atoms with Crippen LogP contribution in [-0.4, -0.2) is 24.3 Å². The van der Waals surface area contributed by atoms with Crippen molar-refractivity contribution in [2.75, 3.05) is 19.0 Å². The summed E-state index contributed by atoms with van der Waals surface area (Å²) in [6.07, 6.45) is 0. The molecule has 2 rings (SSSR count). The smallest absolute Gasteiger partial charge is 0.123 e. The lowest BCUT2D eigenvalue weighted by Gasteiger charge is -2.13. The number of benzene rings is 2. The molecule has 2 aromatic carbocycles. The second-order valence-electron chi connectivity index (χ2n) is 4.98. The molecule has 0 aromatic heterocycles. The molecule has 0 aliphatic heterocycles. The van der Waals surface area contributed by atoms with E-state index in [1.54, 1.807) is 12.1 Å². The Morgan fingerprint density at radius 2 is 1.65 bits per heavy atom. The highest BCUT2D eigenvalue weighted by Crippen LogP contribution is 2.22. The van der Waals surface area contributed by atoms with Crippen LogP contribution < -0.4 is 10.2 Å². The quantitative estimate of drug-likeness (QED) is 0.782. The molecule has 0 saturated heterocycles. The van der Waals surface area contributed by atoms with Gasteiger partial charge in [0.25, 0.3) is 0 Å². The summed E-state index contributed by atoms with van der Waals surface area (Å²) in [5.74, 6) is 0.186. The Morgan fingerprint density at radius 3 is 2.25 bits per heavy atom. The van der Waals surface area contributed by atoms with Crippen LogP contribution in [0, 0.1) is 0 Å². The molecule has 2 aromatic rings. The minimum Gasteiger partial charge on any atom is -0.508 e. The topological polar surface area (TPSA) is 55.7 Å².